The van der Waals surface area contributed by atoms with Crippen LogP contribution in [0.15, 0.2) is 0 Å². The summed E-state index contributed by atoms with van der Waals surface area (Å²) in [7, 11) is -0.110. The summed E-state index contributed by atoms with van der Waals surface area (Å²) in [6, 6.07) is 0.792. The topological polar surface area (TPSA) is 17.1 Å². The minimum Gasteiger partial charge on any atom is -0.385 e. The van der Waals surface area contributed by atoms with E-state index in [4.69, 9.17) is 0 Å². The van der Waals surface area contributed by atoms with Gasteiger partial charge in [-0.1, -0.05) is 6.92 Å². The van der Waals surface area contributed by atoms with E-state index >= 15 is 0 Å². The molecule has 0 saturated heterocycles. The quantitative estimate of drug-likeness (QED) is 0.412. The maximum atomic E-state index is 9.33. The number of hydrogen-bond acceptors (Lipinski definition) is 1. The smallest absolute Gasteiger partial charge is 0.325 e. The average molecular weight is 73.1 g/mol. The van der Waals surface area contributed by atoms with Gasteiger partial charge in [0.05, 0.1) is 0 Å². The summed E-state index contributed by atoms with van der Waals surface area (Å²) in [6.07, 6.45) is 0. The molecule has 1 nitrogen and oxygen atoms in total. The van der Waals surface area contributed by atoms with Crippen LogP contribution in [-0.4, -0.2) is 9.41 Å². The van der Waals surface area contributed by atoms with Gasteiger partial charge in [0.2, 0.25) is 0 Å². The Balaban J connectivity index is 2.30. The maximum Gasteiger partial charge on any atom is 0.325 e. The van der Waals surface area contributed by atoms with Crippen molar-refractivity contribution in [2.24, 2.45) is 0 Å². The van der Waals surface area contributed by atoms with Crippen molar-refractivity contribution in [2.45, 2.75) is 13.0 Å². The zero-order valence-electron chi connectivity index (χ0n) is 2.62. The number of rotatable bonds is 1. The molecule has 0 unspecified atom stereocenters. The van der Waals surface area contributed by atoms with Crippen LogP contribution in [0.4, 0.5) is 0 Å². The van der Waals surface area contributed by atoms with Crippen LogP contribution in [0.2, 0.25) is 6.04 Å². The Morgan fingerprint density at radius 3 is 2.25 bits per heavy atom. The van der Waals surface area contributed by atoms with Crippen molar-refractivity contribution in [3.05, 3.63) is 0 Å². The Labute approximate surface area is 27.9 Å². The third kappa shape index (κ3) is 2.02. The van der Waals surface area contributed by atoms with Crippen LogP contribution in [0.1, 0.15) is 6.92 Å². The van der Waals surface area contributed by atoms with Gasteiger partial charge >= 0.3 is 9.41 Å². The number of hydrogen-bond donors (Lipinski definition) is 0. The molecule has 0 bridgehead atoms. The molecule has 0 aliphatic carbocycles. The Morgan fingerprint density at radius 2 is 2.25 bits per heavy atom. The van der Waals surface area contributed by atoms with Gasteiger partial charge < -0.3 is 4.46 Å². The van der Waals surface area contributed by atoms with Crippen LogP contribution in [0.3, 0.4) is 0 Å². The van der Waals surface area contributed by atoms with Gasteiger partial charge in [0, 0.05) is 0 Å². The summed E-state index contributed by atoms with van der Waals surface area (Å²) < 4.78 is 9.33. The molecule has 0 atom stereocenters. The van der Waals surface area contributed by atoms with E-state index in [1.54, 1.807) is 0 Å². The van der Waals surface area contributed by atoms with Gasteiger partial charge in [-0.2, -0.15) is 0 Å². The average Bonchev–Trinajstić information content (AvgIpc) is 1.37. The van der Waals surface area contributed by atoms with Crippen LogP contribution in [0.25, 0.3) is 0 Å². The Bertz CT molecular complexity index is 20.0. The predicted octanol–water partition coefficient (Wildman–Crippen LogP) is 0.474. The first-order valence-corrected chi connectivity index (χ1v) is 2.38. The van der Waals surface area contributed by atoms with Crippen LogP contribution < -0.4 is 0 Å². The molecule has 0 fully saturated rings. The van der Waals surface area contributed by atoms with Crippen LogP contribution >= 0.6 is 0 Å². The Kier molecular flexibility index (Phi) is 3.03. The predicted molar refractivity (Wildman–Crippen MR) is 16.9 cm³/mol. The van der Waals surface area contributed by atoms with Gasteiger partial charge in [0.25, 0.3) is 0 Å². The second-order valence-corrected chi connectivity index (χ2v) is 1.49. The van der Waals surface area contributed by atoms with Crippen molar-refractivity contribution in [1.82, 2.24) is 0 Å². The monoisotopic (exact) mass is 73.0 g/mol. The van der Waals surface area contributed by atoms with E-state index in [0.717, 1.165) is 6.04 Å². The molecule has 0 aromatic rings. The zero-order valence-corrected chi connectivity index (χ0v) is 3.62. The molecule has 0 aromatic heterocycles. The lowest BCUT2D eigenvalue weighted by Crippen LogP contribution is -1.56. The van der Waals surface area contributed by atoms with E-state index in [1.807, 2.05) is 6.92 Å². The van der Waals surface area contributed by atoms with Crippen molar-refractivity contribution < 1.29 is 4.46 Å². The van der Waals surface area contributed by atoms with Gasteiger partial charge in [-0.25, -0.2) is 0 Å². The second-order valence-electron chi connectivity index (χ2n) is 0.498. The van der Waals surface area contributed by atoms with Gasteiger partial charge in [0.1, 0.15) is 0 Å². The maximum absolute atomic E-state index is 9.33. The van der Waals surface area contributed by atoms with Crippen molar-refractivity contribution in [3.8, 4) is 0 Å². The van der Waals surface area contributed by atoms with E-state index in [2.05, 4.69) is 0 Å². The van der Waals surface area contributed by atoms with Gasteiger partial charge in [-0.05, 0) is 6.04 Å². The Morgan fingerprint density at radius 1 is 2.00 bits per heavy atom. The first kappa shape index (κ1) is 4.02. The molecule has 0 aliphatic rings. The SMILES string of the molecule is CC[Si]=O. The Hall–Kier alpha value is 0.0169. The first-order chi connectivity index (χ1) is 1.91. The highest BCUT2D eigenvalue weighted by molar-refractivity contribution is 6.16. The molecule has 0 spiro atoms. The van der Waals surface area contributed by atoms with E-state index in [0.29, 0.717) is 0 Å². The fraction of sp³-hybridized carbons (Fsp3) is 1.00. The lowest BCUT2D eigenvalue weighted by atomic mass is 11.0. The van der Waals surface area contributed by atoms with E-state index < -0.39 is 0 Å². The van der Waals surface area contributed by atoms with E-state index in [1.165, 1.54) is 0 Å². The lowest BCUT2D eigenvalue weighted by molar-refractivity contribution is 0.577. The molecule has 0 amide bonds. The molecular weight excluding hydrogens is 68.1 g/mol. The molecule has 0 N–H and O–H groups in total. The van der Waals surface area contributed by atoms with E-state index in [9.17, 15) is 4.46 Å². The highest BCUT2D eigenvalue weighted by Gasteiger charge is 1.59. The van der Waals surface area contributed by atoms with Crippen molar-refractivity contribution in [1.29, 1.82) is 0 Å². The summed E-state index contributed by atoms with van der Waals surface area (Å²) in [5.41, 5.74) is 0. The molecule has 4 heavy (non-hydrogen) atoms. The molecule has 0 saturated carbocycles. The molecule has 0 aliphatic heterocycles. The standard InChI is InChI=1S/C2H5OSi/c1-2-4-3/h2H2,1H3. The largest absolute Gasteiger partial charge is 0.385 e. The summed E-state index contributed by atoms with van der Waals surface area (Å²) in [4.78, 5) is 0. The van der Waals surface area contributed by atoms with Crippen LogP contribution in [-0.2, 0) is 4.46 Å². The van der Waals surface area contributed by atoms with Crippen molar-refractivity contribution in [3.63, 3.8) is 0 Å². The van der Waals surface area contributed by atoms with Gasteiger partial charge in [-0.3, -0.25) is 0 Å². The summed E-state index contributed by atoms with van der Waals surface area (Å²) in [6.45, 7) is 1.88. The van der Waals surface area contributed by atoms with Crippen LogP contribution in [0.5, 0.6) is 0 Å². The summed E-state index contributed by atoms with van der Waals surface area (Å²) >= 11 is 0. The van der Waals surface area contributed by atoms with Gasteiger partial charge in [0.15, 0.2) is 0 Å². The van der Waals surface area contributed by atoms with Crippen molar-refractivity contribution in [2.75, 3.05) is 0 Å². The molecule has 0 heterocycles. The molecular formula is C2H5OSi. The first-order valence-electron chi connectivity index (χ1n) is 1.26. The third-order valence-corrected chi connectivity index (χ3v) is 0.433. The fourth-order valence-electron chi connectivity index (χ4n) is 0. The molecule has 1 radical (unpaired) electrons. The summed E-state index contributed by atoms with van der Waals surface area (Å²) in [5, 5.41) is 0. The highest BCUT2D eigenvalue weighted by Crippen LogP contribution is 1.55. The molecule has 2 heteroatoms. The van der Waals surface area contributed by atoms with Crippen LogP contribution in [0, 0.1) is 0 Å². The lowest BCUT2D eigenvalue weighted by Gasteiger charge is -1.47. The highest BCUT2D eigenvalue weighted by atomic mass is 28.2. The minimum absolute atomic E-state index is 0.110. The zero-order chi connectivity index (χ0) is 3.41. The minimum atomic E-state index is -0.110. The molecule has 0 rings (SSSR count). The molecule has 23 valence electrons. The fourth-order valence-corrected chi connectivity index (χ4v) is 0. The normalized spacial score (nSPS) is 6.25. The summed E-state index contributed by atoms with van der Waals surface area (Å²) in [5.74, 6) is 0. The van der Waals surface area contributed by atoms with E-state index in [-0.39, 0.29) is 9.41 Å². The third-order valence-electron chi connectivity index (χ3n) is 0.144. The van der Waals surface area contributed by atoms with Gasteiger partial charge in [-0.15, -0.1) is 0 Å². The molecule has 0 aromatic carbocycles. The second kappa shape index (κ2) is 3.02. The van der Waals surface area contributed by atoms with Crippen molar-refractivity contribution >= 4 is 9.41 Å².